The molecule has 0 unspecified atom stereocenters. The van der Waals surface area contributed by atoms with Gasteiger partial charge in [0.1, 0.15) is 17.3 Å². The molecule has 6 nitrogen and oxygen atoms in total. The SMILES string of the molecule is O=C(Nc1c(F)cccc1C(=O)O)c1cc(O)cc(O)c1. The van der Waals surface area contributed by atoms with Gasteiger partial charge in [0.2, 0.25) is 0 Å². The van der Waals surface area contributed by atoms with Crippen LogP contribution in [-0.2, 0) is 0 Å². The van der Waals surface area contributed by atoms with Crippen LogP contribution in [0.2, 0.25) is 0 Å². The zero-order chi connectivity index (χ0) is 15.6. The number of phenols is 2. The van der Waals surface area contributed by atoms with Crippen LogP contribution in [0.3, 0.4) is 0 Å². The Morgan fingerprint density at radius 3 is 2.24 bits per heavy atom. The third kappa shape index (κ3) is 3.08. The van der Waals surface area contributed by atoms with Gasteiger partial charge in [0.15, 0.2) is 0 Å². The highest BCUT2D eigenvalue weighted by atomic mass is 19.1. The number of benzene rings is 2. The van der Waals surface area contributed by atoms with Gasteiger partial charge < -0.3 is 20.6 Å². The number of rotatable bonds is 3. The van der Waals surface area contributed by atoms with E-state index >= 15 is 0 Å². The van der Waals surface area contributed by atoms with E-state index in [1.807, 2.05) is 0 Å². The van der Waals surface area contributed by atoms with E-state index < -0.39 is 28.9 Å². The molecule has 7 heteroatoms. The average molecular weight is 291 g/mol. The van der Waals surface area contributed by atoms with Crippen molar-refractivity contribution in [2.45, 2.75) is 0 Å². The zero-order valence-electron chi connectivity index (χ0n) is 10.5. The summed E-state index contributed by atoms with van der Waals surface area (Å²) < 4.78 is 13.7. The fraction of sp³-hybridized carbons (Fsp3) is 0. The van der Waals surface area contributed by atoms with Gasteiger partial charge in [0, 0.05) is 11.6 Å². The summed E-state index contributed by atoms with van der Waals surface area (Å²) in [5.41, 5.74) is -1.04. The lowest BCUT2D eigenvalue weighted by Crippen LogP contribution is -2.16. The van der Waals surface area contributed by atoms with Crippen LogP contribution in [0.1, 0.15) is 20.7 Å². The van der Waals surface area contributed by atoms with E-state index in [1.165, 1.54) is 6.07 Å². The monoisotopic (exact) mass is 291 g/mol. The van der Waals surface area contributed by atoms with Crippen molar-refractivity contribution >= 4 is 17.6 Å². The van der Waals surface area contributed by atoms with Crippen molar-refractivity contribution in [2.75, 3.05) is 5.32 Å². The number of nitrogens with one attached hydrogen (secondary N) is 1. The van der Waals surface area contributed by atoms with Crippen LogP contribution in [0, 0.1) is 5.82 Å². The van der Waals surface area contributed by atoms with Gasteiger partial charge in [-0.15, -0.1) is 0 Å². The Bertz CT molecular complexity index is 709. The normalized spacial score (nSPS) is 10.1. The molecule has 0 saturated carbocycles. The molecule has 0 radical (unpaired) electrons. The molecule has 0 spiro atoms. The van der Waals surface area contributed by atoms with Gasteiger partial charge in [-0.25, -0.2) is 9.18 Å². The minimum Gasteiger partial charge on any atom is -0.508 e. The van der Waals surface area contributed by atoms with Gasteiger partial charge in [0.05, 0.1) is 11.3 Å². The molecule has 108 valence electrons. The molecule has 2 aromatic rings. The van der Waals surface area contributed by atoms with E-state index in [0.717, 1.165) is 30.3 Å². The van der Waals surface area contributed by atoms with E-state index in [1.54, 1.807) is 0 Å². The summed E-state index contributed by atoms with van der Waals surface area (Å²) in [6.07, 6.45) is 0. The number of amides is 1. The van der Waals surface area contributed by atoms with E-state index in [-0.39, 0.29) is 17.1 Å². The van der Waals surface area contributed by atoms with Gasteiger partial charge in [-0.2, -0.15) is 0 Å². The van der Waals surface area contributed by atoms with Crippen LogP contribution >= 0.6 is 0 Å². The van der Waals surface area contributed by atoms with Crippen molar-refractivity contribution in [3.63, 3.8) is 0 Å². The standard InChI is InChI=1S/C14H10FNO5/c15-11-3-1-2-10(14(20)21)12(11)16-13(19)7-4-8(17)6-9(18)5-7/h1-6,17-18H,(H,16,19)(H,20,21). The lowest BCUT2D eigenvalue weighted by atomic mass is 10.1. The van der Waals surface area contributed by atoms with Gasteiger partial charge in [-0.05, 0) is 24.3 Å². The third-order valence-corrected chi connectivity index (χ3v) is 2.65. The number of aromatic hydroxyl groups is 2. The highest BCUT2D eigenvalue weighted by molar-refractivity contribution is 6.08. The first-order valence-corrected chi connectivity index (χ1v) is 5.74. The highest BCUT2D eigenvalue weighted by Gasteiger charge is 2.18. The molecule has 2 rings (SSSR count). The Hall–Kier alpha value is -3.09. The summed E-state index contributed by atoms with van der Waals surface area (Å²) in [6, 6.07) is 6.47. The number of hydrogen-bond donors (Lipinski definition) is 4. The summed E-state index contributed by atoms with van der Waals surface area (Å²) in [5, 5.41) is 29.7. The number of carboxylic acid groups (broad SMARTS) is 1. The van der Waals surface area contributed by atoms with Crippen molar-refractivity contribution in [3.05, 3.63) is 53.3 Å². The number of phenolic OH excluding ortho intramolecular Hbond substituents is 2. The van der Waals surface area contributed by atoms with E-state index in [9.17, 15) is 24.2 Å². The van der Waals surface area contributed by atoms with Crippen molar-refractivity contribution in [1.29, 1.82) is 0 Å². The first-order chi connectivity index (χ1) is 9.88. The molecule has 0 bridgehead atoms. The number of hydrogen-bond acceptors (Lipinski definition) is 4. The van der Waals surface area contributed by atoms with Crippen LogP contribution in [-0.4, -0.2) is 27.2 Å². The summed E-state index contributed by atoms with van der Waals surface area (Å²) >= 11 is 0. The van der Waals surface area contributed by atoms with E-state index in [0.29, 0.717) is 0 Å². The maximum absolute atomic E-state index is 13.7. The van der Waals surface area contributed by atoms with Crippen molar-refractivity contribution in [1.82, 2.24) is 0 Å². The number of aromatic carboxylic acids is 1. The fourth-order valence-electron chi connectivity index (χ4n) is 1.74. The Balaban J connectivity index is 2.38. The van der Waals surface area contributed by atoms with Gasteiger partial charge in [0.25, 0.3) is 5.91 Å². The number of carbonyl (C=O) groups excluding carboxylic acids is 1. The highest BCUT2D eigenvalue weighted by Crippen LogP contribution is 2.24. The van der Waals surface area contributed by atoms with Crippen LogP contribution in [0.25, 0.3) is 0 Å². The molecule has 0 saturated heterocycles. The molecule has 4 N–H and O–H groups in total. The Morgan fingerprint density at radius 1 is 1.05 bits per heavy atom. The van der Waals surface area contributed by atoms with Crippen LogP contribution in [0.5, 0.6) is 11.5 Å². The number of carbonyl (C=O) groups is 2. The lowest BCUT2D eigenvalue weighted by Gasteiger charge is -2.10. The largest absolute Gasteiger partial charge is 0.508 e. The van der Waals surface area contributed by atoms with Gasteiger partial charge in [-0.3, -0.25) is 4.79 Å². The van der Waals surface area contributed by atoms with Crippen LogP contribution in [0.4, 0.5) is 10.1 Å². The number of para-hydroxylation sites is 1. The summed E-state index contributed by atoms with van der Waals surface area (Å²) in [7, 11) is 0. The molecular weight excluding hydrogens is 281 g/mol. The Labute approximate surface area is 118 Å². The molecule has 0 aliphatic heterocycles. The van der Waals surface area contributed by atoms with Crippen LogP contribution in [0.15, 0.2) is 36.4 Å². The maximum Gasteiger partial charge on any atom is 0.337 e. The predicted octanol–water partition coefficient (Wildman–Crippen LogP) is 2.19. The minimum absolute atomic E-state index is 0.146. The Kier molecular flexibility index (Phi) is 3.75. The minimum atomic E-state index is -1.40. The molecule has 2 aromatic carbocycles. The molecule has 21 heavy (non-hydrogen) atoms. The number of anilines is 1. The molecule has 0 atom stereocenters. The van der Waals surface area contributed by atoms with Gasteiger partial charge >= 0.3 is 5.97 Å². The van der Waals surface area contributed by atoms with E-state index in [4.69, 9.17) is 5.11 Å². The van der Waals surface area contributed by atoms with Crippen molar-refractivity contribution < 1.29 is 29.3 Å². The maximum atomic E-state index is 13.7. The fourth-order valence-corrected chi connectivity index (χ4v) is 1.74. The first-order valence-electron chi connectivity index (χ1n) is 5.74. The predicted molar refractivity (Wildman–Crippen MR) is 71.1 cm³/mol. The number of carboxylic acids is 1. The summed E-state index contributed by atoms with van der Waals surface area (Å²) in [4.78, 5) is 23.0. The molecule has 0 aliphatic rings. The zero-order valence-corrected chi connectivity index (χ0v) is 10.5. The molecule has 0 aromatic heterocycles. The smallest absolute Gasteiger partial charge is 0.337 e. The molecule has 0 aliphatic carbocycles. The lowest BCUT2D eigenvalue weighted by molar-refractivity contribution is 0.0697. The van der Waals surface area contributed by atoms with Crippen LogP contribution < -0.4 is 5.32 Å². The Morgan fingerprint density at radius 2 is 1.67 bits per heavy atom. The second-order valence-electron chi connectivity index (χ2n) is 4.16. The number of halogens is 1. The summed E-state index contributed by atoms with van der Waals surface area (Å²) in [5.74, 6) is -3.88. The first kappa shape index (κ1) is 14.3. The average Bonchev–Trinajstić information content (AvgIpc) is 2.39. The molecular formula is C14H10FNO5. The molecule has 0 fully saturated rings. The second kappa shape index (κ2) is 5.49. The summed E-state index contributed by atoms with van der Waals surface area (Å²) in [6.45, 7) is 0. The quantitative estimate of drug-likeness (QED) is 0.693. The van der Waals surface area contributed by atoms with E-state index in [2.05, 4.69) is 5.32 Å². The third-order valence-electron chi connectivity index (χ3n) is 2.65. The van der Waals surface area contributed by atoms with Gasteiger partial charge in [-0.1, -0.05) is 6.07 Å². The van der Waals surface area contributed by atoms with Crippen molar-refractivity contribution in [2.24, 2.45) is 0 Å². The molecule has 0 heterocycles. The molecule has 1 amide bonds. The second-order valence-corrected chi connectivity index (χ2v) is 4.16. The van der Waals surface area contributed by atoms with Crippen molar-refractivity contribution in [3.8, 4) is 11.5 Å². The topological polar surface area (TPSA) is 107 Å².